The highest BCUT2D eigenvalue weighted by Gasteiger charge is 2.25. The van der Waals surface area contributed by atoms with Crippen molar-refractivity contribution in [2.45, 2.75) is 18.3 Å². The van der Waals surface area contributed by atoms with Gasteiger partial charge in [0, 0.05) is 10.6 Å². The molecular formula is C28H29O7P. The average Bonchev–Trinajstić information content (AvgIpc) is 3.77. The standard InChI is InChI=1S/C18H19O4P.C10H10O3/c1-3-7-17(15(5-1)21-11-13-9-19-13)23-18-8-4-2-6-16(18)22-12-14-10-20-14;11-5-8-3-1-2-4-10(8)13-7-9-6-12-9/h1-8,13-14,23H,9-12H2;1-5,9H,6-7H2. The summed E-state index contributed by atoms with van der Waals surface area (Å²) in [5, 5.41) is 2.37. The van der Waals surface area contributed by atoms with Crippen LogP contribution in [0, 0.1) is 0 Å². The van der Waals surface area contributed by atoms with E-state index in [0.717, 1.165) is 37.6 Å². The van der Waals surface area contributed by atoms with Crippen molar-refractivity contribution in [3.63, 3.8) is 0 Å². The van der Waals surface area contributed by atoms with Crippen molar-refractivity contribution < 1.29 is 33.2 Å². The van der Waals surface area contributed by atoms with Crippen LogP contribution >= 0.6 is 8.58 Å². The lowest BCUT2D eigenvalue weighted by atomic mass is 10.2. The van der Waals surface area contributed by atoms with Crippen molar-refractivity contribution in [1.82, 2.24) is 0 Å². The van der Waals surface area contributed by atoms with Gasteiger partial charge in [-0.15, -0.1) is 0 Å². The Balaban J connectivity index is 0.000000174. The largest absolute Gasteiger partial charge is 0.490 e. The van der Waals surface area contributed by atoms with Crippen LogP contribution in [-0.2, 0) is 14.2 Å². The van der Waals surface area contributed by atoms with Gasteiger partial charge in [-0.2, -0.15) is 0 Å². The highest BCUT2D eigenvalue weighted by Crippen LogP contribution is 2.25. The maximum Gasteiger partial charge on any atom is 0.153 e. The lowest BCUT2D eigenvalue weighted by molar-refractivity contribution is 0.111. The first-order valence-electron chi connectivity index (χ1n) is 12.0. The van der Waals surface area contributed by atoms with E-state index in [-0.39, 0.29) is 18.3 Å². The molecule has 0 saturated carbocycles. The quantitative estimate of drug-likeness (QED) is 0.211. The van der Waals surface area contributed by atoms with Crippen LogP contribution < -0.4 is 24.8 Å². The zero-order valence-electron chi connectivity index (χ0n) is 19.8. The van der Waals surface area contributed by atoms with Crippen LogP contribution in [0.2, 0.25) is 0 Å². The first-order valence-corrected chi connectivity index (χ1v) is 13.0. The summed E-state index contributed by atoms with van der Waals surface area (Å²) in [4.78, 5) is 10.6. The number of ether oxygens (including phenoxy) is 6. The van der Waals surface area contributed by atoms with Crippen molar-refractivity contribution >= 4 is 25.5 Å². The third kappa shape index (κ3) is 7.77. The molecule has 0 radical (unpaired) electrons. The second-order valence-electron chi connectivity index (χ2n) is 8.57. The fraction of sp³-hybridized carbons (Fsp3) is 0.321. The Labute approximate surface area is 212 Å². The van der Waals surface area contributed by atoms with E-state index in [2.05, 4.69) is 12.1 Å². The topological polar surface area (TPSA) is 82.4 Å². The predicted octanol–water partition coefficient (Wildman–Crippen LogP) is 3.15. The maximum absolute atomic E-state index is 10.6. The van der Waals surface area contributed by atoms with Crippen molar-refractivity contribution in [3.8, 4) is 17.2 Å². The SMILES string of the molecule is O=Cc1ccccc1OCC1CO1.c1ccc(Pc2ccccc2OCC2CO2)c(OCC2CO2)c1. The maximum atomic E-state index is 10.6. The summed E-state index contributed by atoms with van der Waals surface area (Å²) in [5.74, 6) is 2.50. The predicted molar refractivity (Wildman–Crippen MR) is 138 cm³/mol. The van der Waals surface area contributed by atoms with E-state index in [0.29, 0.717) is 39.7 Å². The van der Waals surface area contributed by atoms with Gasteiger partial charge in [-0.1, -0.05) is 57.1 Å². The number of benzene rings is 3. The van der Waals surface area contributed by atoms with Crippen LogP contribution in [0.3, 0.4) is 0 Å². The number of rotatable bonds is 12. The smallest absolute Gasteiger partial charge is 0.153 e. The Morgan fingerprint density at radius 1 is 0.639 bits per heavy atom. The number of epoxide rings is 3. The van der Waals surface area contributed by atoms with Crippen LogP contribution in [0.5, 0.6) is 17.2 Å². The van der Waals surface area contributed by atoms with Crippen molar-refractivity contribution in [2.24, 2.45) is 0 Å². The van der Waals surface area contributed by atoms with Crippen LogP contribution in [0.4, 0.5) is 0 Å². The van der Waals surface area contributed by atoms with Crippen LogP contribution in [0.15, 0.2) is 72.8 Å². The van der Waals surface area contributed by atoms with E-state index in [9.17, 15) is 4.79 Å². The Morgan fingerprint density at radius 3 is 1.47 bits per heavy atom. The molecule has 3 aromatic carbocycles. The number of hydrogen-bond donors (Lipinski definition) is 0. The molecule has 3 aromatic rings. The second kappa shape index (κ2) is 12.3. The molecule has 7 nitrogen and oxygen atoms in total. The van der Waals surface area contributed by atoms with Crippen LogP contribution in [0.1, 0.15) is 10.4 Å². The molecular weight excluding hydrogens is 479 g/mol. The minimum absolute atomic E-state index is 0.222. The Hall–Kier alpha value is -2.96. The highest BCUT2D eigenvalue weighted by molar-refractivity contribution is 7.56. The summed E-state index contributed by atoms with van der Waals surface area (Å²) in [7, 11) is 0.490. The lowest BCUT2D eigenvalue weighted by Gasteiger charge is -2.13. The summed E-state index contributed by atoms with van der Waals surface area (Å²) in [5.41, 5.74) is 0.586. The molecule has 0 bridgehead atoms. The summed E-state index contributed by atoms with van der Waals surface area (Å²) >= 11 is 0. The van der Waals surface area contributed by atoms with E-state index in [4.69, 9.17) is 28.4 Å². The Bertz CT molecular complexity index is 1080. The van der Waals surface area contributed by atoms with E-state index < -0.39 is 0 Å². The summed E-state index contributed by atoms with van der Waals surface area (Å²) in [6.45, 7) is 4.17. The van der Waals surface area contributed by atoms with Gasteiger partial charge in [0.15, 0.2) is 6.29 Å². The van der Waals surface area contributed by atoms with Gasteiger partial charge in [-0.25, -0.2) is 0 Å². The lowest BCUT2D eigenvalue weighted by Crippen LogP contribution is -2.14. The van der Waals surface area contributed by atoms with Crippen LogP contribution in [-0.4, -0.2) is 64.2 Å². The van der Waals surface area contributed by atoms with E-state index in [1.54, 1.807) is 12.1 Å². The molecule has 3 heterocycles. The molecule has 188 valence electrons. The Morgan fingerprint density at radius 2 is 1.03 bits per heavy atom. The molecule has 0 aromatic heterocycles. The molecule has 0 spiro atoms. The number of para-hydroxylation sites is 3. The molecule has 3 aliphatic heterocycles. The first kappa shape index (κ1) is 24.7. The molecule has 0 aliphatic carbocycles. The minimum Gasteiger partial charge on any atom is -0.490 e. The Kier molecular flexibility index (Phi) is 8.47. The van der Waals surface area contributed by atoms with Gasteiger partial charge in [-0.3, -0.25) is 4.79 Å². The summed E-state index contributed by atoms with van der Waals surface area (Å²) in [6.07, 6.45) is 1.55. The molecule has 3 saturated heterocycles. The minimum atomic E-state index is 0.222. The van der Waals surface area contributed by atoms with Crippen molar-refractivity contribution in [1.29, 1.82) is 0 Å². The van der Waals surface area contributed by atoms with Gasteiger partial charge in [-0.05, 0) is 24.3 Å². The van der Waals surface area contributed by atoms with E-state index >= 15 is 0 Å². The molecule has 3 unspecified atom stereocenters. The summed E-state index contributed by atoms with van der Waals surface area (Å²) in [6, 6.07) is 23.5. The molecule has 0 amide bonds. The highest BCUT2D eigenvalue weighted by atomic mass is 31.1. The average molecular weight is 509 g/mol. The van der Waals surface area contributed by atoms with Gasteiger partial charge in [0.05, 0.1) is 25.4 Å². The fourth-order valence-corrected chi connectivity index (χ4v) is 4.49. The van der Waals surface area contributed by atoms with Crippen molar-refractivity contribution in [2.75, 3.05) is 39.6 Å². The number of hydrogen-bond acceptors (Lipinski definition) is 7. The van der Waals surface area contributed by atoms with Crippen molar-refractivity contribution in [3.05, 3.63) is 78.4 Å². The molecule has 6 rings (SSSR count). The third-order valence-electron chi connectivity index (χ3n) is 5.57. The number of aldehydes is 1. The zero-order chi connectivity index (χ0) is 24.6. The number of carbonyl (C=O) groups excluding carboxylic acids is 1. The second-order valence-corrected chi connectivity index (χ2v) is 9.90. The molecule has 3 fully saturated rings. The monoisotopic (exact) mass is 508 g/mol. The number of carbonyl (C=O) groups is 1. The third-order valence-corrected chi connectivity index (χ3v) is 6.94. The molecule has 0 N–H and O–H groups in total. The van der Waals surface area contributed by atoms with Gasteiger partial charge in [0.1, 0.15) is 55.4 Å². The van der Waals surface area contributed by atoms with Gasteiger partial charge in [0.25, 0.3) is 0 Å². The molecule has 36 heavy (non-hydrogen) atoms. The van der Waals surface area contributed by atoms with E-state index in [1.807, 2.05) is 48.5 Å². The molecule has 3 atom stereocenters. The normalized spacial score (nSPS) is 21.3. The fourth-order valence-electron chi connectivity index (χ4n) is 3.29. The van der Waals surface area contributed by atoms with Gasteiger partial charge in [0.2, 0.25) is 0 Å². The first-order chi connectivity index (χ1) is 17.8. The van der Waals surface area contributed by atoms with Gasteiger partial charge >= 0.3 is 0 Å². The molecule has 8 heteroatoms. The van der Waals surface area contributed by atoms with Crippen LogP contribution in [0.25, 0.3) is 0 Å². The summed E-state index contributed by atoms with van der Waals surface area (Å²) < 4.78 is 32.6. The van der Waals surface area contributed by atoms with Gasteiger partial charge < -0.3 is 28.4 Å². The zero-order valence-corrected chi connectivity index (χ0v) is 20.8. The molecule has 3 aliphatic rings. The van der Waals surface area contributed by atoms with E-state index in [1.165, 1.54) is 10.6 Å².